The molecule has 2 aromatic heterocycles. The Morgan fingerprint density at radius 3 is 2.52 bits per heavy atom. The zero-order valence-electron chi connectivity index (χ0n) is 13.7. The number of nitrogens with one attached hydrogen (secondary N) is 1. The molecular formula is C17H15N5O3. The van der Waals surface area contributed by atoms with Crippen LogP contribution in [-0.4, -0.2) is 24.6 Å². The van der Waals surface area contributed by atoms with Gasteiger partial charge in [0.25, 0.3) is 5.56 Å². The third-order valence-corrected chi connectivity index (χ3v) is 3.87. The van der Waals surface area contributed by atoms with Crippen LogP contribution in [0.4, 0.5) is 5.69 Å². The lowest BCUT2D eigenvalue weighted by Gasteiger charge is -2.08. The molecule has 1 N–H and O–H groups in total. The van der Waals surface area contributed by atoms with Crippen molar-refractivity contribution in [3.8, 4) is 12.3 Å². The predicted octanol–water partition coefficient (Wildman–Crippen LogP) is 0.0537. The molecule has 8 nitrogen and oxygen atoms in total. The monoisotopic (exact) mass is 337 g/mol. The van der Waals surface area contributed by atoms with Gasteiger partial charge in [-0.2, -0.15) is 0 Å². The molecule has 3 aromatic rings. The van der Waals surface area contributed by atoms with Gasteiger partial charge in [0.1, 0.15) is 6.54 Å². The largest absolute Gasteiger partial charge is 0.332 e. The van der Waals surface area contributed by atoms with Crippen molar-refractivity contribution in [3.63, 3.8) is 0 Å². The Morgan fingerprint density at radius 1 is 1.20 bits per heavy atom. The number of amides is 1. The fourth-order valence-electron chi connectivity index (χ4n) is 2.52. The molecule has 0 fully saturated rings. The van der Waals surface area contributed by atoms with Gasteiger partial charge < -0.3 is 9.88 Å². The molecule has 25 heavy (non-hydrogen) atoms. The maximum absolute atomic E-state index is 12.3. The van der Waals surface area contributed by atoms with Gasteiger partial charge in [0.2, 0.25) is 5.91 Å². The zero-order valence-corrected chi connectivity index (χ0v) is 13.7. The minimum Gasteiger partial charge on any atom is -0.325 e. The number of anilines is 1. The number of carbonyl (C=O) groups is 1. The lowest BCUT2D eigenvalue weighted by Crippen LogP contribution is -2.37. The molecule has 0 atom stereocenters. The number of imidazole rings is 1. The van der Waals surface area contributed by atoms with Gasteiger partial charge in [-0.3, -0.25) is 18.7 Å². The highest BCUT2D eigenvalue weighted by molar-refractivity contribution is 5.91. The quantitative estimate of drug-likeness (QED) is 0.684. The number of hydrogen-bond acceptors (Lipinski definition) is 4. The highest BCUT2D eigenvalue weighted by Gasteiger charge is 2.15. The van der Waals surface area contributed by atoms with Crippen LogP contribution in [-0.2, 0) is 25.4 Å². The normalized spacial score (nSPS) is 10.6. The van der Waals surface area contributed by atoms with Crippen LogP contribution < -0.4 is 16.6 Å². The number of benzene rings is 1. The van der Waals surface area contributed by atoms with E-state index in [4.69, 9.17) is 6.42 Å². The van der Waals surface area contributed by atoms with Crippen molar-refractivity contribution in [1.82, 2.24) is 18.7 Å². The third kappa shape index (κ3) is 2.83. The number of nitrogens with zero attached hydrogens (tertiary/aromatic N) is 4. The number of fused-ring (bicyclic) bond motifs is 1. The van der Waals surface area contributed by atoms with E-state index in [2.05, 4.69) is 16.2 Å². The second kappa shape index (κ2) is 6.13. The van der Waals surface area contributed by atoms with Crippen molar-refractivity contribution in [2.45, 2.75) is 6.54 Å². The van der Waals surface area contributed by atoms with Crippen molar-refractivity contribution in [2.75, 3.05) is 5.32 Å². The Hall–Kier alpha value is -3.60. The lowest BCUT2D eigenvalue weighted by atomic mass is 10.2. The van der Waals surface area contributed by atoms with Crippen LogP contribution in [0.3, 0.4) is 0 Å². The Bertz CT molecular complexity index is 1130. The summed E-state index contributed by atoms with van der Waals surface area (Å²) in [6, 6.07) is 6.82. The molecule has 3 rings (SSSR count). The minimum atomic E-state index is -0.498. The zero-order chi connectivity index (χ0) is 18.1. The molecule has 0 aliphatic heterocycles. The van der Waals surface area contributed by atoms with Crippen molar-refractivity contribution in [1.29, 1.82) is 0 Å². The van der Waals surface area contributed by atoms with E-state index in [0.29, 0.717) is 11.3 Å². The number of rotatable bonds is 3. The van der Waals surface area contributed by atoms with E-state index in [0.717, 1.165) is 4.57 Å². The van der Waals surface area contributed by atoms with Crippen LogP contribution >= 0.6 is 0 Å². The van der Waals surface area contributed by atoms with Crippen LogP contribution in [0.2, 0.25) is 0 Å². The number of aromatic nitrogens is 4. The molecular weight excluding hydrogens is 322 g/mol. The van der Waals surface area contributed by atoms with Crippen molar-refractivity contribution in [3.05, 3.63) is 57.0 Å². The lowest BCUT2D eigenvalue weighted by molar-refractivity contribution is -0.116. The highest BCUT2D eigenvalue weighted by Crippen LogP contribution is 2.10. The first-order chi connectivity index (χ1) is 11.9. The average Bonchev–Trinajstić information content (AvgIpc) is 3.02. The standard InChI is InChI=1S/C17H15N5O3/c1-4-11-5-7-12(8-6-11)19-13(23)9-22-10-18-15-14(22)16(24)21(3)17(25)20(15)2/h1,5-8,10H,9H2,2-3H3,(H,19,23). The molecule has 1 aromatic carbocycles. The molecule has 8 heteroatoms. The van der Waals surface area contributed by atoms with Gasteiger partial charge in [-0.25, -0.2) is 9.78 Å². The average molecular weight is 337 g/mol. The summed E-state index contributed by atoms with van der Waals surface area (Å²) in [7, 11) is 2.91. The first kappa shape index (κ1) is 16.3. The number of terminal acetylenes is 1. The van der Waals surface area contributed by atoms with E-state index in [1.54, 1.807) is 24.3 Å². The summed E-state index contributed by atoms with van der Waals surface area (Å²) < 4.78 is 3.67. The maximum atomic E-state index is 12.3. The van der Waals surface area contributed by atoms with Crippen molar-refractivity contribution in [2.24, 2.45) is 14.1 Å². The van der Waals surface area contributed by atoms with Crippen molar-refractivity contribution >= 4 is 22.8 Å². The summed E-state index contributed by atoms with van der Waals surface area (Å²) in [5.41, 5.74) is 0.765. The van der Waals surface area contributed by atoms with Crippen LogP contribution in [0.1, 0.15) is 5.56 Å². The number of carbonyl (C=O) groups excluding carboxylic acids is 1. The maximum Gasteiger partial charge on any atom is 0.332 e. The summed E-state index contributed by atoms with van der Waals surface area (Å²) in [5.74, 6) is 2.17. The molecule has 126 valence electrons. The summed E-state index contributed by atoms with van der Waals surface area (Å²) in [6.07, 6.45) is 6.66. The third-order valence-electron chi connectivity index (χ3n) is 3.87. The topological polar surface area (TPSA) is 90.9 Å². The van der Waals surface area contributed by atoms with E-state index in [-0.39, 0.29) is 23.6 Å². The smallest absolute Gasteiger partial charge is 0.325 e. The van der Waals surface area contributed by atoms with Crippen LogP contribution in [0.5, 0.6) is 0 Å². The molecule has 2 heterocycles. The first-order valence-corrected chi connectivity index (χ1v) is 7.39. The van der Waals surface area contributed by atoms with E-state index in [1.807, 2.05) is 0 Å². The van der Waals surface area contributed by atoms with Gasteiger partial charge in [0.15, 0.2) is 11.2 Å². The van der Waals surface area contributed by atoms with Gasteiger partial charge in [0, 0.05) is 25.3 Å². The molecule has 0 unspecified atom stereocenters. The molecule has 0 bridgehead atoms. The van der Waals surface area contributed by atoms with Gasteiger partial charge >= 0.3 is 5.69 Å². The molecule has 1 amide bonds. The Morgan fingerprint density at radius 2 is 1.88 bits per heavy atom. The van der Waals surface area contributed by atoms with Gasteiger partial charge in [-0.15, -0.1) is 6.42 Å². The molecule has 0 saturated carbocycles. The molecule has 0 aliphatic rings. The Labute approximate surface area is 142 Å². The van der Waals surface area contributed by atoms with E-state index in [1.165, 1.54) is 29.6 Å². The first-order valence-electron chi connectivity index (χ1n) is 7.39. The highest BCUT2D eigenvalue weighted by atomic mass is 16.2. The minimum absolute atomic E-state index is 0.110. The van der Waals surface area contributed by atoms with Crippen LogP contribution in [0, 0.1) is 12.3 Å². The number of aryl methyl sites for hydroxylation is 1. The van der Waals surface area contributed by atoms with Crippen molar-refractivity contribution < 1.29 is 4.79 Å². The Kier molecular flexibility index (Phi) is 3.99. The van der Waals surface area contributed by atoms with Gasteiger partial charge in [-0.05, 0) is 24.3 Å². The Balaban J connectivity index is 1.90. The van der Waals surface area contributed by atoms with E-state index in [9.17, 15) is 14.4 Å². The summed E-state index contributed by atoms with van der Waals surface area (Å²) in [5, 5.41) is 2.72. The predicted molar refractivity (Wildman–Crippen MR) is 93.2 cm³/mol. The summed E-state index contributed by atoms with van der Waals surface area (Å²) in [6.45, 7) is -0.110. The molecule has 0 spiro atoms. The fraction of sp³-hybridized carbons (Fsp3) is 0.176. The van der Waals surface area contributed by atoms with Crippen LogP contribution in [0.15, 0.2) is 40.2 Å². The second-order valence-corrected chi connectivity index (χ2v) is 5.52. The summed E-state index contributed by atoms with van der Waals surface area (Å²) >= 11 is 0. The fourth-order valence-corrected chi connectivity index (χ4v) is 2.52. The number of hydrogen-bond donors (Lipinski definition) is 1. The second-order valence-electron chi connectivity index (χ2n) is 5.52. The summed E-state index contributed by atoms with van der Waals surface area (Å²) in [4.78, 5) is 40.6. The van der Waals surface area contributed by atoms with Crippen LogP contribution in [0.25, 0.3) is 11.2 Å². The molecule has 0 aliphatic carbocycles. The van der Waals surface area contributed by atoms with E-state index < -0.39 is 11.2 Å². The van der Waals surface area contributed by atoms with Gasteiger partial charge in [-0.1, -0.05) is 5.92 Å². The van der Waals surface area contributed by atoms with E-state index >= 15 is 0 Å². The molecule has 0 radical (unpaired) electrons. The van der Waals surface area contributed by atoms with Gasteiger partial charge in [0.05, 0.1) is 6.33 Å². The SMILES string of the molecule is C#Cc1ccc(NC(=O)Cn2cnc3c2c(=O)n(C)c(=O)n3C)cc1. The molecule has 0 saturated heterocycles.